The zero-order chi connectivity index (χ0) is 10.8. The quantitative estimate of drug-likeness (QED) is 0.718. The lowest BCUT2D eigenvalue weighted by Gasteiger charge is -1.97. The van der Waals surface area contributed by atoms with Crippen LogP contribution in [0.25, 0.3) is 11.1 Å². The Morgan fingerprint density at radius 1 is 1.27 bits per heavy atom. The molecule has 0 unspecified atom stereocenters. The number of benzene rings is 1. The van der Waals surface area contributed by atoms with Gasteiger partial charge in [0.1, 0.15) is 0 Å². The maximum Gasteiger partial charge on any atom is 0.262 e. The highest BCUT2D eigenvalue weighted by Gasteiger charge is 2.11. The standard InChI is InChI=1S/C12H9ClOS/c1-8-10(7-11(15-8)12(13)14)9-5-3-2-4-6-9/h2-7H,1H3. The van der Waals surface area contributed by atoms with Gasteiger partial charge in [0, 0.05) is 4.88 Å². The maximum absolute atomic E-state index is 11.0. The van der Waals surface area contributed by atoms with Gasteiger partial charge in [-0.05, 0) is 35.7 Å². The Bertz CT molecular complexity index is 488. The molecule has 0 bridgehead atoms. The number of thiophene rings is 1. The molecule has 0 amide bonds. The molecule has 0 fully saturated rings. The second-order valence-corrected chi connectivity index (χ2v) is 4.82. The van der Waals surface area contributed by atoms with Crippen LogP contribution in [0.15, 0.2) is 36.4 Å². The van der Waals surface area contributed by atoms with E-state index in [2.05, 4.69) is 0 Å². The summed E-state index contributed by atoms with van der Waals surface area (Å²) in [7, 11) is 0. The summed E-state index contributed by atoms with van der Waals surface area (Å²) in [5.74, 6) is 0. The van der Waals surface area contributed by atoms with Crippen molar-refractivity contribution in [2.45, 2.75) is 6.92 Å². The fraction of sp³-hybridized carbons (Fsp3) is 0.0833. The highest BCUT2D eigenvalue weighted by molar-refractivity contribution is 7.16. The van der Waals surface area contributed by atoms with E-state index in [9.17, 15) is 4.79 Å². The van der Waals surface area contributed by atoms with Crippen LogP contribution < -0.4 is 0 Å². The highest BCUT2D eigenvalue weighted by Crippen LogP contribution is 2.31. The van der Waals surface area contributed by atoms with E-state index in [0.29, 0.717) is 4.88 Å². The number of halogens is 1. The van der Waals surface area contributed by atoms with Crippen LogP contribution in [0.3, 0.4) is 0 Å². The van der Waals surface area contributed by atoms with Crippen LogP contribution in [0.4, 0.5) is 0 Å². The Morgan fingerprint density at radius 3 is 2.47 bits per heavy atom. The molecule has 0 saturated carbocycles. The lowest BCUT2D eigenvalue weighted by molar-refractivity contribution is 0.108. The largest absolute Gasteiger partial charge is 0.275 e. The average molecular weight is 237 g/mol. The molecule has 76 valence electrons. The SMILES string of the molecule is Cc1sc(C(=O)Cl)cc1-c1ccccc1. The monoisotopic (exact) mass is 236 g/mol. The lowest BCUT2D eigenvalue weighted by Crippen LogP contribution is -1.80. The summed E-state index contributed by atoms with van der Waals surface area (Å²) in [5, 5.41) is -0.384. The van der Waals surface area contributed by atoms with Gasteiger partial charge in [0.15, 0.2) is 0 Å². The molecule has 0 aliphatic heterocycles. The predicted molar refractivity (Wildman–Crippen MR) is 64.7 cm³/mol. The molecule has 2 aromatic rings. The molecule has 0 saturated heterocycles. The van der Waals surface area contributed by atoms with Crippen LogP contribution in [0.2, 0.25) is 0 Å². The molecule has 1 heterocycles. The zero-order valence-electron chi connectivity index (χ0n) is 8.16. The van der Waals surface area contributed by atoms with E-state index in [1.54, 1.807) is 0 Å². The van der Waals surface area contributed by atoms with Crippen LogP contribution in [0.1, 0.15) is 14.5 Å². The topological polar surface area (TPSA) is 17.1 Å². The molecule has 0 spiro atoms. The van der Waals surface area contributed by atoms with Gasteiger partial charge in [-0.1, -0.05) is 30.3 Å². The Balaban J connectivity index is 2.50. The first kappa shape index (κ1) is 10.4. The molecule has 1 aromatic heterocycles. The molecular formula is C12H9ClOS. The van der Waals surface area contributed by atoms with Gasteiger partial charge in [0.25, 0.3) is 5.24 Å². The van der Waals surface area contributed by atoms with E-state index >= 15 is 0 Å². The number of aryl methyl sites for hydroxylation is 1. The molecule has 15 heavy (non-hydrogen) atoms. The van der Waals surface area contributed by atoms with Crippen molar-refractivity contribution in [3.8, 4) is 11.1 Å². The third-order valence-corrected chi connectivity index (χ3v) is 3.56. The number of rotatable bonds is 2. The second kappa shape index (κ2) is 4.17. The summed E-state index contributed by atoms with van der Waals surface area (Å²) in [6.45, 7) is 2.00. The van der Waals surface area contributed by atoms with Crippen LogP contribution in [-0.2, 0) is 0 Å². The van der Waals surface area contributed by atoms with Gasteiger partial charge in [-0.2, -0.15) is 0 Å². The van der Waals surface area contributed by atoms with Crippen molar-refractivity contribution >= 4 is 28.2 Å². The predicted octanol–water partition coefficient (Wildman–Crippen LogP) is 4.10. The smallest absolute Gasteiger partial charge is 0.262 e. The van der Waals surface area contributed by atoms with Gasteiger partial charge in [-0.3, -0.25) is 4.79 Å². The first-order chi connectivity index (χ1) is 7.18. The van der Waals surface area contributed by atoms with Crippen molar-refractivity contribution in [2.75, 3.05) is 0 Å². The molecule has 1 nitrogen and oxygen atoms in total. The first-order valence-corrected chi connectivity index (χ1v) is 5.73. The number of carbonyl (C=O) groups is 1. The minimum atomic E-state index is -0.384. The van der Waals surface area contributed by atoms with Gasteiger partial charge >= 0.3 is 0 Å². The van der Waals surface area contributed by atoms with Crippen LogP contribution >= 0.6 is 22.9 Å². The Labute approximate surface area is 97.3 Å². The average Bonchev–Trinajstić information content (AvgIpc) is 2.62. The minimum absolute atomic E-state index is 0.384. The Kier molecular flexibility index (Phi) is 2.89. The van der Waals surface area contributed by atoms with Crippen molar-refractivity contribution < 1.29 is 4.79 Å². The normalized spacial score (nSPS) is 10.3. The maximum atomic E-state index is 11.0. The fourth-order valence-electron chi connectivity index (χ4n) is 1.48. The Morgan fingerprint density at radius 2 is 1.93 bits per heavy atom. The molecule has 1 aromatic carbocycles. The summed E-state index contributed by atoms with van der Waals surface area (Å²) >= 11 is 6.88. The number of carbonyl (C=O) groups excluding carboxylic acids is 1. The summed E-state index contributed by atoms with van der Waals surface area (Å²) in [5.41, 5.74) is 2.21. The van der Waals surface area contributed by atoms with Crippen molar-refractivity contribution in [3.05, 3.63) is 46.2 Å². The lowest BCUT2D eigenvalue weighted by atomic mass is 10.1. The van der Waals surface area contributed by atoms with E-state index in [-0.39, 0.29) is 5.24 Å². The Hall–Kier alpha value is -1.12. The van der Waals surface area contributed by atoms with Crippen LogP contribution in [0.5, 0.6) is 0 Å². The first-order valence-electron chi connectivity index (χ1n) is 4.54. The second-order valence-electron chi connectivity index (χ2n) is 3.22. The van der Waals surface area contributed by atoms with Gasteiger partial charge in [-0.15, -0.1) is 11.3 Å². The number of hydrogen-bond acceptors (Lipinski definition) is 2. The van der Waals surface area contributed by atoms with Crippen molar-refractivity contribution in [3.63, 3.8) is 0 Å². The van der Waals surface area contributed by atoms with E-state index in [0.717, 1.165) is 16.0 Å². The molecule has 0 aliphatic carbocycles. The molecule has 3 heteroatoms. The third-order valence-electron chi connectivity index (χ3n) is 2.20. The minimum Gasteiger partial charge on any atom is -0.275 e. The molecule has 0 atom stereocenters. The fourth-order valence-corrected chi connectivity index (χ4v) is 2.53. The van der Waals surface area contributed by atoms with E-state index in [4.69, 9.17) is 11.6 Å². The van der Waals surface area contributed by atoms with Crippen molar-refractivity contribution in [1.29, 1.82) is 0 Å². The molecule has 0 aliphatic rings. The van der Waals surface area contributed by atoms with E-state index in [1.807, 2.05) is 43.3 Å². The molecule has 0 radical (unpaired) electrons. The molecule has 2 rings (SSSR count). The summed E-state index contributed by atoms with van der Waals surface area (Å²) in [6, 6.07) is 11.8. The summed E-state index contributed by atoms with van der Waals surface area (Å²) < 4.78 is 0. The van der Waals surface area contributed by atoms with Crippen LogP contribution in [0, 0.1) is 6.92 Å². The van der Waals surface area contributed by atoms with Crippen molar-refractivity contribution in [2.24, 2.45) is 0 Å². The summed E-state index contributed by atoms with van der Waals surface area (Å²) in [4.78, 5) is 12.7. The van der Waals surface area contributed by atoms with E-state index < -0.39 is 0 Å². The van der Waals surface area contributed by atoms with Gasteiger partial charge in [0.2, 0.25) is 0 Å². The van der Waals surface area contributed by atoms with E-state index in [1.165, 1.54) is 11.3 Å². The summed E-state index contributed by atoms with van der Waals surface area (Å²) in [6.07, 6.45) is 0. The highest BCUT2D eigenvalue weighted by atomic mass is 35.5. The molecule has 0 N–H and O–H groups in total. The van der Waals surface area contributed by atoms with Gasteiger partial charge in [-0.25, -0.2) is 0 Å². The van der Waals surface area contributed by atoms with Gasteiger partial charge < -0.3 is 0 Å². The zero-order valence-corrected chi connectivity index (χ0v) is 9.73. The molecular weight excluding hydrogens is 228 g/mol. The number of hydrogen-bond donors (Lipinski definition) is 0. The third kappa shape index (κ3) is 2.11. The van der Waals surface area contributed by atoms with Gasteiger partial charge in [0.05, 0.1) is 4.88 Å². The van der Waals surface area contributed by atoms with Crippen LogP contribution in [-0.4, -0.2) is 5.24 Å². The van der Waals surface area contributed by atoms with Crippen molar-refractivity contribution in [1.82, 2.24) is 0 Å².